The van der Waals surface area contributed by atoms with Gasteiger partial charge in [0.25, 0.3) is 11.5 Å². The number of nitrogens with zero attached hydrogens (tertiary/aromatic N) is 2. The van der Waals surface area contributed by atoms with Gasteiger partial charge in [0.2, 0.25) is 0 Å². The number of hydrogen-bond donors (Lipinski definition) is 2. The molecule has 1 aliphatic rings. The van der Waals surface area contributed by atoms with Crippen LogP contribution in [0.1, 0.15) is 23.2 Å². The molecule has 1 amide bonds. The number of nitrogens with one attached hydrogen (secondary N) is 2. The fourth-order valence-corrected chi connectivity index (χ4v) is 2.85. The van der Waals surface area contributed by atoms with Crippen LogP contribution >= 0.6 is 0 Å². The number of methoxy groups -OCH3 is 1. The molecule has 7 heteroatoms. The standard InChI is InChI=1S/C17H20N4O3/c1-24-15-4-2-3-12(9-15)17(23)19-13-5-7-21(8-6-13)14-10-16(22)20-18-11-14/h2-4,9-11,13H,5-8H2,1H3,(H,19,23)(H,20,22). The number of carbonyl (C=O) groups excluding carboxylic acids is 1. The summed E-state index contributed by atoms with van der Waals surface area (Å²) in [4.78, 5) is 25.8. The van der Waals surface area contributed by atoms with Gasteiger partial charge >= 0.3 is 0 Å². The van der Waals surface area contributed by atoms with E-state index in [0.29, 0.717) is 11.3 Å². The second kappa shape index (κ2) is 7.16. The van der Waals surface area contributed by atoms with Gasteiger partial charge in [0.15, 0.2) is 0 Å². The van der Waals surface area contributed by atoms with E-state index in [2.05, 4.69) is 20.4 Å². The van der Waals surface area contributed by atoms with Crippen molar-refractivity contribution in [2.45, 2.75) is 18.9 Å². The number of H-pyrrole nitrogens is 1. The Morgan fingerprint density at radius 3 is 2.83 bits per heavy atom. The molecule has 1 aromatic heterocycles. The predicted molar refractivity (Wildman–Crippen MR) is 90.6 cm³/mol. The molecule has 24 heavy (non-hydrogen) atoms. The average molecular weight is 328 g/mol. The molecule has 126 valence electrons. The van der Waals surface area contributed by atoms with E-state index in [1.807, 2.05) is 6.07 Å². The third kappa shape index (κ3) is 3.73. The van der Waals surface area contributed by atoms with Gasteiger partial charge in [0.05, 0.1) is 19.0 Å². The van der Waals surface area contributed by atoms with Crippen molar-refractivity contribution in [3.63, 3.8) is 0 Å². The van der Waals surface area contributed by atoms with Crippen molar-refractivity contribution in [3.05, 3.63) is 52.4 Å². The van der Waals surface area contributed by atoms with Gasteiger partial charge in [-0.2, -0.15) is 5.10 Å². The van der Waals surface area contributed by atoms with Crippen LogP contribution in [0.15, 0.2) is 41.3 Å². The maximum atomic E-state index is 12.3. The van der Waals surface area contributed by atoms with E-state index in [-0.39, 0.29) is 17.5 Å². The average Bonchev–Trinajstić information content (AvgIpc) is 2.62. The Balaban J connectivity index is 1.57. The number of ether oxygens (including phenoxy) is 1. The quantitative estimate of drug-likeness (QED) is 0.880. The lowest BCUT2D eigenvalue weighted by molar-refractivity contribution is 0.0930. The van der Waals surface area contributed by atoms with Crippen molar-refractivity contribution in [2.75, 3.05) is 25.1 Å². The Morgan fingerprint density at radius 1 is 1.33 bits per heavy atom. The minimum Gasteiger partial charge on any atom is -0.497 e. The summed E-state index contributed by atoms with van der Waals surface area (Å²) in [5.41, 5.74) is 1.20. The predicted octanol–water partition coefficient (Wildman–Crippen LogP) is 1.18. The SMILES string of the molecule is COc1cccc(C(=O)NC2CCN(c3cn[nH]c(=O)c3)CC2)c1. The Morgan fingerprint density at radius 2 is 2.12 bits per heavy atom. The molecule has 1 fully saturated rings. The van der Waals surface area contributed by atoms with E-state index < -0.39 is 0 Å². The number of hydrogen-bond acceptors (Lipinski definition) is 5. The zero-order chi connectivity index (χ0) is 16.9. The van der Waals surface area contributed by atoms with Crippen LogP contribution in [-0.2, 0) is 0 Å². The molecule has 0 atom stereocenters. The van der Waals surface area contributed by atoms with Crippen molar-refractivity contribution in [2.24, 2.45) is 0 Å². The van der Waals surface area contributed by atoms with Gasteiger partial charge in [-0.25, -0.2) is 5.10 Å². The van der Waals surface area contributed by atoms with Gasteiger partial charge in [-0.15, -0.1) is 0 Å². The van der Waals surface area contributed by atoms with Crippen LogP contribution in [0, 0.1) is 0 Å². The number of anilines is 1. The summed E-state index contributed by atoms with van der Waals surface area (Å²) in [6, 6.07) is 8.78. The molecule has 1 saturated heterocycles. The van der Waals surface area contributed by atoms with E-state index in [9.17, 15) is 9.59 Å². The second-order valence-electron chi connectivity index (χ2n) is 5.77. The normalized spacial score (nSPS) is 15.1. The summed E-state index contributed by atoms with van der Waals surface area (Å²) in [7, 11) is 1.58. The molecule has 0 unspecified atom stereocenters. The van der Waals surface area contributed by atoms with E-state index in [1.165, 1.54) is 0 Å². The van der Waals surface area contributed by atoms with Crippen molar-refractivity contribution in [1.29, 1.82) is 0 Å². The van der Waals surface area contributed by atoms with Crippen LogP contribution in [-0.4, -0.2) is 42.3 Å². The highest BCUT2D eigenvalue weighted by Gasteiger charge is 2.21. The molecule has 2 aromatic rings. The Hall–Kier alpha value is -2.83. The summed E-state index contributed by atoms with van der Waals surface area (Å²) in [5.74, 6) is 0.574. The van der Waals surface area contributed by atoms with E-state index >= 15 is 0 Å². The zero-order valence-electron chi connectivity index (χ0n) is 13.5. The second-order valence-corrected chi connectivity index (χ2v) is 5.77. The molecule has 1 aliphatic heterocycles. The molecule has 3 rings (SSSR count). The van der Waals surface area contributed by atoms with Gasteiger partial charge in [-0.05, 0) is 31.0 Å². The molecule has 0 saturated carbocycles. The lowest BCUT2D eigenvalue weighted by Crippen LogP contribution is -2.45. The maximum absolute atomic E-state index is 12.3. The summed E-state index contributed by atoms with van der Waals surface area (Å²) in [5, 5.41) is 9.26. The molecule has 0 radical (unpaired) electrons. The lowest BCUT2D eigenvalue weighted by Gasteiger charge is -2.33. The molecule has 0 spiro atoms. The summed E-state index contributed by atoms with van der Waals surface area (Å²) < 4.78 is 5.15. The fraction of sp³-hybridized carbons (Fsp3) is 0.353. The van der Waals surface area contributed by atoms with Gasteiger partial charge in [0.1, 0.15) is 5.75 Å². The topological polar surface area (TPSA) is 87.3 Å². The number of piperidine rings is 1. The van der Waals surface area contributed by atoms with Gasteiger partial charge < -0.3 is 15.0 Å². The van der Waals surface area contributed by atoms with Crippen LogP contribution in [0.2, 0.25) is 0 Å². The molecule has 2 N–H and O–H groups in total. The minimum absolute atomic E-state index is 0.0924. The third-order valence-electron chi connectivity index (χ3n) is 4.18. The number of benzene rings is 1. The number of amides is 1. The van der Waals surface area contributed by atoms with E-state index in [4.69, 9.17) is 4.74 Å². The van der Waals surface area contributed by atoms with E-state index in [0.717, 1.165) is 31.6 Å². The first-order valence-corrected chi connectivity index (χ1v) is 7.90. The lowest BCUT2D eigenvalue weighted by atomic mass is 10.0. The fourth-order valence-electron chi connectivity index (χ4n) is 2.85. The van der Waals surface area contributed by atoms with Crippen LogP contribution in [0.25, 0.3) is 0 Å². The van der Waals surface area contributed by atoms with Crippen LogP contribution in [0.4, 0.5) is 5.69 Å². The van der Waals surface area contributed by atoms with Crippen molar-refractivity contribution in [1.82, 2.24) is 15.5 Å². The number of carbonyl (C=O) groups is 1. The molecule has 2 heterocycles. The molecule has 7 nitrogen and oxygen atoms in total. The summed E-state index contributed by atoms with van der Waals surface area (Å²) >= 11 is 0. The van der Waals surface area contributed by atoms with Crippen LogP contribution in [0.3, 0.4) is 0 Å². The highest BCUT2D eigenvalue weighted by atomic mass is 16.5. The van der Waals surface area contributed by atoms with Gasteiger partial charge in [-0.1, -0.05) is 6.07 Å². The number of aromatic nitrogens is 2. The van der Waals surface area contributed by atoms with Gasteiger partial charge in [-0.3, -0.25) is 9.59 Å². The maximum Gasteiger partial charge on any atom is 0.266 e. The largest absolute Gasteiger partial charge is 0.497 e. The smallest absolute Gasteiger partial charge is 0.266 e. The molecular weight excluding hydrogens is 308 g/mol. The number of rotatable bonds is 4. The van der Waals surface area contributed by atoms with Crippen LogP contribution < -0.4 is 20.5 Å². The highest BCUT2D eigenvalue weighted by Crippen LogP contribution is 2.18. The first kappa shape index (κ1) is 16.0. The van der Waals surface area contributed by atoms with Crippen molar-refractivity contribution in [3.8, 4) is 5.75 Å². The van der Waals surface area contributed by atoms with Crippen molar-refractivity contribution < 1.29 is 9.53 Å². The van der Waals surface area contributed by atoms with E-state index in [1.54, 1.807) is 37.6 Å². The van der Waals surface area contributed by atoms with Crippen molar-refractivity contribution >= 4 is 11.6 Å². The Labute approximate surface area is 139 Å². The molecule has 0 bridgehead atoms. The first-order valence-electron chi connectivity index (χ1n) is 7.90. The molecule has 1 aromatic carbocycles. The molecule has 0 aliphatic carbocycles. The zero-order valence-corrected chi connectivity index (χ0v) is 13.5. The third-order valence-corrected chi connectivity index (χ3v) is 4.18. The number of aromatic amines is 1. The molecular formula is C17H20N4O3. The first-order chi connectivity index (χ1) is 11.7. The minimum atomic E-state index is -0.207. The summed E-state index contributed by atoms with van der Waals surface area (Å²) in [6.07, 6.45) is 3.29. The summed E-state index contributed by atoms with van der Waals surface area (Å²) in [6.45, 7) is 1.54. The van der Waals surface area contributed by atoms with Crippen LogP contribution in [0.5, 0.6) is 5.75 Å². The highest BCUT2D eigenvalue weighted by molar-refractivity contribution is 5.94. The Kier molecular flexibility index (Phi) is 4.79. The monoisotopic (exact) mass is 328 g/mol. The Bertz CT molecular complexity index is 766. The van der Waals surface area contributed by atoms with Gasteiger partial charge in [0, 0.05) is 30.8 Å².